The van der Waals surface area contributed by atoms with Crippen molar-refractivity contribution in [2.45, 2.75) is 45.1 Å². The molecule has 1 aliphatic heterocycles. The first-order valence-corrected chi connectivity index (χ1v) is 9.42. The standard InChI is InChI=1S/C20H24N2O2S/c1-2-24-20(23)18-17(21-15-11-7-4-8-12-15)13-16(22-19(18)25)14-9-5-3-6-10-14/h3,5-6,9-10,13,15,18,21H,2,4,7-8,11-12H2,1H3. The third kappa shape index (κ3) is 4.34. The van der Waals surface area contributed by atoms with Gasteiger partial charge in [0.15, 0.2) is 0 Å². The summed E-state index contributed by atoms with van der Waals surface area (Å²) in [6.45, 7) is 2.14. The molecule has 1 aliphatic carbocycles. The number of thiocarbonyl (C=S) groups is 1. The van der Waals surface area contributed by atoms with Gasteiger partial charge in [-0.25, -0.2) is 4.99 Å². The summed E-state index contributed by atoms with van der Waals surface area (Å²) in [4.78, 5) is 17.3. The van der Waals surface area contributed by atoms with E-state index in [0.29, 0.717) is 17.6 Å². The molecular weight excluding hydrogens is 332 g/mol. The fourth-order valence-electron chi connectivity index (χ4n) is 3.40. The van der Waals surface area contributed by atoms with Crippen LogP contribution in [-0.4, -0.2) is 29.3 Å². The zero-order valence-electron chi connectivity index (χ0n) is 14.5. The fourth-order valence-corrected chi connectivity index (χ4v) is 3.72. The van der Waals surface area contributed by atoms with E-state index in [4.69, 9.17) is 17.0 Å². The number of benzene rings is 1. The van der Waals surface area contributed by atoms with Crippen LogP contribution in [0.3, 0.4) is 0 Å². The molecule has 1 aromatic rings. The molecule has 4 nitrogen and oxygen atoms in total. The lowest BCUT2D eigenvalue weighted by molar-refractivity contribution is -0.144. The molecule has 25 heavy (non-hydrogen) atoms. The number of dihydropyridines is 1. The van der Waals surface area contributed by atoms with Gasteiger partial charge in [-0.2, -0.15) is 0 Å². The lowest BCUT2D eigenvalue weighted by atomic mass is 9.92. The summed E-state index contributed by atoms with van der Waals surface area (Å²) in [5.41, 5.74) is 2.61. The Labute approximate surface area is 154 Å². The van der Waals surface area contributed by atoms with Gasteiger partial charge in [-0.3, -0.25) is 4.79 Å². The summed E-state index contributed by atoms with van der Waals surface area (Å²) < 4.78 is 5.24. The quantitative estimate of drug-likeness (QED) is 0.644. The molecule has 1 aromatic carbocycles. The number of hydrogen-bond acceptors (Lipinski definition) is 4. The highest BCUT2D eigenvalue weighted by atomic mass is 32.1. The van der Waals surface area contributed by atoms with Crippen LogP contribution in [-0.2, 0) is 9.53 Å². The lowest BCUT2D eigenvalue weighted by Crippen LogP contribution is -2.40. The van der Waals surface area contributed by atoms with Gasteiger partial charge in [0.05, 0.1) is 12.3 Å². The SMILES string of the molecule is CCOC(=O)C1C(=S)N=C(c2ccccc2)C=C1NC1CCCCC1. The first-order valence-electron chi connectivity index (χ1n) is 9.01. The molecule has 1 unspecified atom stereocenters. The first kappa shape index (κ1) is 17.8. The molecule has 1 atom stereocenters. The summed E-state index contributed by atoms with van der Waals surface area (Å²) >= 11 is 5.47. The third-order valence-electron chi connectivity index (χ3n) is 4.65. The van der Waals surface area contributed by atoms with Crippen molar-refractivity contribution in [3.8, 4) is 0 Å². The van der Waals surface area contributed by atoms with Crippen LogP contribution in [0.15, 0.2) is 47.1 Å². The third-order valence-corrected chi connectivity index (χ3v) is 4.98. The first-order chi connectivity index (χ1) is 12.2. The molecule has 0 radical (unpaired) electrons. The molecule has 5 heteroatoms. The van der Waals surface area contributed by atoms with Gasteiger partial charge in [0.1, 0.15) is 10.9 Å². The number of carbonyl (C=O) groups excluding carboxylic acids is 1. The summed E-state index contributed by atoms with van der Waals surface area (Å²) in [6, 6.07) is 10.3. The van der Waals surface area contributed by atoms with Gasteiger partial charge in [-0.15, -0.1) is 0 Å². The Morgan fingerprint density at radius 2 is 1.96 bits per heavy atom. The maximum absolute atomic E-state index is 12.4. The second-order valence-electron chi connectivity index (χ2n) is 6.47. The van der Waals surface area contributed by atoms with E-state index in [2.05, 4.69) is 10.3 Å². The van der Waals surface area contributed by atoms with E-state index < -0.39 is 5.92 Å². The Kier molecular flexibility index (Phi) is 5.97. The van der Waals surface area contributed by atoms with Crippen molar-refractivity contribution in [3.05, 3.63) is 47.7 Å². The number of esters is 1. The minimum absolute atomic E-state index is 0.321. The summed E-state index contributed by atoms with van der Waals surface area (Å²) in [5.74, 6) is -0.928. The van der Waals surface area contributed by atoms with E-state index >= 15 is 0 Å². The summed E-state index contributed by atoms with van der Waals surface area (Å²) in [7, 11) is 0. The minimum atomic E-state index is -0.607. The van der Waals surface area contributed by atoms with E-state index in [9.17, 15) is 4.79 Å². The predicted molar refractivity (Wildman–Crippen MR) is 104 cm³/mol. The van der Waals surface area contributed by atoms with Gasteiger partial charge in [-0.1, -0.05) is 61.8 Å². The molecule has 132 valence electrons. The summed E-state index contributed by atoms with van der Waals surface area (Å²) in [5, 5.41) is 3.57. The molecule has 1 heterocycles. The van der Waals surface area contributed by atoms with Gasteiger partial charge < -0.3 is 10.1 Å². The van der Waals surface area contributed by atoms with Crippen molar-refractivity contribution in [1.82, 2.24) is 5.32 Å². The monoisotopic (exact) mass is 356 g/mol. The molecule has 1 N–H and O–H groups in total. The van der Waals surface area contributed by atoms with Crippen molar-refractivity contribution in [2.75, 3.05) is 6.61 Å². The van der Waals surface area contributed by atoms with Crippen molar-refractivity contribution < 1.29 is 9.53 Å². The van der Waals surface area contributed by atoms with Crippen LogP contribution in [0.2, 0.25) is 0 Å². The largest absolute Gasteiger partial charge is 0.465 e. The van der Waals surface area contributed by atoms with Crippen molar-refractivity contribution >= 4 is 28.9 Å². The van der Waals surface area contributed by atoms with Crippen LogP contribution >= 0.6 is 12.2 Å². The molecule has 3 rings (SSSR count). The maximum Gasteiger partial charge on any atom is 0.321 e. The molecule has 0 saturated heterocycles. The normalized spacial score (nSPS) is 21.3. The van der Waals surface area contributed by atoms with Gasteiger partial charge in [0.2, 0.25) is 0 Å². The molecule has 1 saturated carbocycles. The second kappa shape index (κ2) is 8.39. The number of rotatable bonds is 5. The van der Waals surface area contributed by atoms with Gasteiger partial charge in [-0.05, 0) is 25.8 Å². The maximum atomic E-state index is 12.4. The zero-order chi connectivity index (χ0) is 17.6. The van der Waals surface area contributed by atoms with Crippen molar-refractivity contribution in [1.29, 1.82) is 0 Å². The Morgan fingerprint density at radius 3 is 2.64 bits per heavy atom. The molecule has 0 spiro atoms. The molecule has 0 bridgehead atoms. The number of aliphatic imine (C=N–C) groups is 1. The highest BCUT2D eigenvalue weighted by Gasteiger charge is 2.33. The zero-order valence-corrected chi connectivity index (χ0v) is 15.3. The van der Waals surface area contributed by atoms with E-state index in [-0.39, 0.29) is 5.97 Å². The van der Waals surface area contributed by atoms with Crippen LogP contribution in [0.5, 0.6) is 0 Å². The molecule has 0 amide bonds. The van der Waals surface area contributed by atoms with E-state index in [1.807, 2.05) is 36.4 Å². The Balaban J connectivity index is 1.89. The highest BCUT2D eigenvalue weighted by Crippen LogP contribution is 2.25. The van der Waals surface area contributed by atoms with Crippen molar-refractivity contribution in [3.63, 3.8) is 0 Å². The number of nitrogens with one attached hydrogen (secondary N) is 1. The summed E-state index contributed by atoms with van der Waals surface area (Å²) in [6.07, 6.45) is 7.93. The van der Waals surface area contributed by atoms with E-state index in [0.717, 1.165) is 29.8 Å². The Bertz CT molecular complexity index is 691. The van der Waals surface area contributed by atoms with Crippen LogP contribution in [0.4, 0.5) is 0 Å². The van der Waals surface area contributed by atoms with Crippen molar-refractivity contribution in [2.24, 2.45) is 10.9 Å². The Hall–Kier alpha value is -2.01. The number of allylic oxidation sites excluding steroid dienone is 1. The predicted octanol–water partition coefficient (Wildman–Crippen LogP) is 3.80. The molecular formula is C20H24N2O2S. The van der Waals surface area contributed by atoms with Gasteiger partial charge in [0.25, 0.3) is 0 Å². The van der Waals surface area contributed by atoms with Crippen LogP contribution < -0.4 is 5.32 Å². The number of nitrogens with zero attached hydrogens (tertiary/aromatic N) is 1. The average molecular weight is 356 g/mol. The molecule has 1 fully saturated rings. The minimum Gasteiger partial charge on any atom is -0.465 e. The fraction of sp³-hybridized carbons (Fsp3) is 0.450. The van der Waals surface area contributed by atoms with Crippen LogP contribution in [0.25, 0.3) is 0 Å². The number of ether oxygens (including phenoxy) is 1. The Morgan fingerprint density at radius 1 is 1.24 bits per heavy atom. The average Bonchev–Trinajstić information content (AvgIpc) is 2.63. The molecule has 0 aromatic heterocycles. The van der Waals surface area contributed by atoms with Crippen LogP contribution in [0.1, 0.15) is 44.6 Å². The van der Waals surface area contributed by atoms with E-state index in [1.54, 1.807) is 6.92 Å². The van der Waals surface area contributed by atoms with E-state index in [1.165, 1.54) is 19.3 Å². The highest BCUT2D eigenvalue weighted by molar-refractivity contribution is 7.80. The molecule has 2 aliphatic rings. The number of hydrogen-bond donors (Lipinski definition) is 1. The second-order valence-corrected chi connectivity index (χ2v) is 6.88. The van der Waals surface area contributed by atoms with Gasteiger partial charge in [0, 0.05) is 17.3 Å². The number of carbonyl (C=O) groups is 1. The van der Waals surface area contributed by atoms with Gasteiger partial charge >= 0.3 is 5.97 Å². The lowest BCUT2D eigenvalue weighted by Gasteiger charge is -2.30. The van der Waals surface area contributed by atoms with Crippen LogP contribution in [0, 0.1) is 5.92 Å². The topological polar surface area (TPSA) is 50.7 Å². The smallest absolute Gasteiger partial charge is 0.321 e.